The quantitative estimate of drug-likeness (QED) is 0.486. The van der Waals surface area contributed by atoms with E-state index in [1.165, 1.54) is 19.1 Å². The van der Waals surface area contributed by atoms with Gasteiger partial charge in [0.05, 0.1) is 23.3 Å². The first-order valence-electron chi connectivity index (χ1n) is 11.4. The minimum absolute atomic E-state index is 0.195. The van der Waals surface area contributed by atoms with Crippen molar-refractivity contribution in [2.45, 2.75) is 6.92 Å². The van der Waals surface area contributed by atoms with Gasteiger partial charge in [-0.25, -0.2) is 17.2 Å². The summed E-state index contributed by atoms with van der Waals surface area (Å²) in [4.78, 5) is 14.8. The Kier molecular flexibility index (Phi) is 9.24. The summed E-state index contributed by atoms with van der Waals surface area (Å²) in [6.45, 7) is 7.88. The number of anilines is 4. The summed E-state index contributed by atoms with van der Waals surface area (Å²) in [5.41, 5.74) is 1.85. The largest absolute Gasteiger partial charge is 0.367 e. The average molecular weight is 511 g/mol. The van der Waals surface area contributed by atoms with Gasteiger partial charge >= 0.3 is 0 Å². The molecule has 0 unspecified atom stereocenters. The van der Waals surface area contributed by atoms with Crippen LogP contribution >= 0.6 is 0 Å². The van der Waals surface area contributed by atoms with Crippen molar-refractivity contribution in [3.8, 4) is 0 Å². The SMILES string of the molecule is CC(=O)Nc1ccc(N2CCNCC2)c(F)c1.CS(=O)(=O)Nc1ccc(N2CCNCC2)c(F)c1. The number of nitrogens with one attached hydrogen (secondary N) is 4. The van der Waals surface area contributed by atoms with Crippen LogP contribution in [-0.2, 0) is 14.8 Å². The number of rotatable bonds is 5. The van der Waals surface area contributed by atoms with Crippen LogP contribution in [0, 0.1) is 11.6 Å². The van der Waals surface area contributed by atoms with E-state index in [9.17, 15) is 22.0 Å². The molecule has 0 bridgehead atoms. The third-order valence-electron chi connectivity index (χ3n) is 5.43. The summed E-state index contributed by atoms with van der Waals surface area (Å²) in [7, 11) is -3.37. The van der Waals surface area contributed by atoms with Crippen molar-refractivity contribution in [3.63, 3.8) is 0 Å². The minimum Gasteiger partial charge on any atom is -0.367 e. The lowest BCUT2D eigenvalue weighted by Gasteiger charge is -2.29. The monoisotopic (exact) mass is 510 g/mol. The highest BCUT2D eigenvalue weighted by molar-refractivity contribution is 7.92. The molecule has 2 aliphatic heterocycles. The fraction of sp³-hybridized carbons (Fsp3) is 0.435. The Morgan fingerprint density at radius 3 is 1.66 bits per heavy atom. The topological polar surface area (TPSA) is 106 Å². The molecular formula is C23H32F2N6O3S. The zero-order valence-corrected chi connectivity index (χ0v) is 20.7. The van der Waals surface area contributed by atoms with Gasteiger partial charge in [0.2, 0.25) is 15.9 Å². The molecule has 1 amide bonds. The third kappa shape index (κ3) is 8.34. The normalized spacial score (nSPS) is 16.2. The van der Waals surface area contributed by atoms with Gasteiger partial charge in [-0.2, -0.15) is 0 Å². The molecule has 0 spiro atoms. The molecule has 2 heterocycles. The van der Waals surface area contributed by atoms with Gasteiger partial charge in [0, 0.05) is 71.0 Å². The Bertz CT molecular complexity index is 1120. The molecule has 0 radical (unpaired) electrons. The fourth-order valence-corrected chi connectivity index (χ4v) is 4.45. The first kappa shape index (κ1) is 26.6. The predicted molar refractivity (Wildman–Crippen MR) is 136 cm³/mol. The number of sulfonamides is 1. The van der Waals surface area contributed by atoms with Gasteiger partial charge in [0.15, 0.2) is 0 Å². The van der Waals surface area contributed by atoms with E-state index in [4.69, 9.17) is 0 Å². The van der Waals surface area contributed by atoms with E-state index in [2.05, 4.69) is 20.7 Å². The number of benzene rings is 2. The molecule has 2 aromatic rings. The number of carbonyl (C=O) groups excluding carboxylic acids is 1. The van der Waals surface area contributed by atoms with Crippen LogP contribution < -0.4 is 30.5 Å². The standard InChI is InChI=1S/C12H16FN3O.C11H16FN3O2S/c1-9(17)15-10-2-3-12(11(13)8-10)16-6-4-14-5-7-16;1-18(16,17)14-9-2-3-11(10(12)8-9)15-6-4-13-5-7-15/h2-3,8,14H,4-7H2,1H3,(H,15,17);2-3,8,13-14H,4-7H2,1H3. The molecule has 2 aromatic carbocycles. The molecule has 0 aromatic heterocycles. The smallest absolute Gasteiger partial charge is 0.229 e. The fourth-order valence-electron chi connectivity index (χ4n) is 3.90. The second-order valence-corrected chi connectivity index (χ2v) is 10.1. The number of hydrogen-bond acceptors (Lipinski definition) is 7. The molecule has 2 aliphatic rings. The molecule has 35 heavy (non-hydrogen) atoms. The second kappa shape index (κ2) is 12.1. The summed E-state index contributed by atoms with van der Waals surface area (Å²) < 4.78 is 52.1. The van der Waals surface area contributed by atoms with E-state index in [1.54, 1.807) is 24.3 Å². The molecule has 0 aliphatic carbocycles. The number of nitrogens with zero attached hydrogens (tertiary/aromatic N) is 2. The molecule has 2 fully saturated rings. The number of amides is 1. The predicted octanol–water partition coefficient (Wildman–Crippen LogP) is 1.80. The van der Waals surface area contributed by atoms with Crippen molar-refractivity contribution < 1.29 is 22.0 Å². The lowest BCUT2D eigenvalue weighted by molar-refractivity contribution is -0.114. The number of hydrogen-bond donors (Lipinski definition) is 4. The minimum atomic E-state index is -3.37. The Labute approximate surface area is 204 Å². The molecule has 2 saturated heterocycles. The molecule has 0 atom stereocenters. The molecule has 4 N–H and O–H groups in total. The van der Waals surface area contributed by atoms with Crippen LogP contribution in [0.5, 0.6) is 0 Å². The average Bonchev–Trinajstić information content (AvgIpc) is 2.79. The Morgan fingerprint density at radius 1 is 0.829 bits per heavy atom. The number of carbonyl (C=O) groups is 1. The van der Waals surface area contributed by atoms with E-state index in [-0.39, 0.29) is 17.4 Å². The first-order valence-corrected chi connectivity index (χ1v) is 13.3. The van der Waals surface area contributed by atoms with Gasteiger partial charge in [-0.15, -0.1) is 0 Å². The summed E-state index contributed by atoms with van der Waals surface area (Å²) in [6, 6.07) is 9.18. The van der Waals surface area contributed by atoms with Gasteiger partial charge in [-0.05, 0) is 30.3 Å². The van der Waals surface area contributed by atoms with Gasteiger partial charge < -0.3 is 25.8 Å². The van der Waals surface area contributed by atoms with Crippen LogP contribution in [0.3, 0.4) is 0 Å². The number of halogens is 2. The Morgan fingerprint density at radius 2 is 1.26 bits per heavy atom. The van der Waals surface area contributed by atoms with Crippen LogP contribution in [-0.4, -0.2) is 72.9 Å². The van der Waals surface area contributed by atoms with Crippen molar-refractivity contribution in [3.05, 3.63) is 48.0 Å². The Balaban J connectivity index is 0.000000196. The van der Waals surface area contributed by atoms with Crippen LogP contribution in [0.15, 0.2) is 36.4 Å². The van der Waals surface area contributed by atoms with E-state index >= 15 is 0 Å². The second-order valence-electron chi connectivity index (χ2n) is 8.36. The highest BCUT2D eigenvalue weighted by atomic mass is 32.2. The van der Waals surface area contributed by atoms with Gasteiger partial charge in [0.25, 0.3) is 0 Å². The summed E-state index contributed by atoms with van der Waals surface area (Å²) >= 11 is 0. The van der Waals surface area contributed by atoms with Crippen LogP contribution in [0.1, 0.15) is 6.92 Å². The summed E-state index contributed by atoms with van der Waals surface area (Å²) in [5.74, 6) is -0.900. The molecule has 0 saturated carbocycles. The van der Waals surface area contributed by atoms with E-state index in [0.717, 1.165) is 58.6 Å². The highest BCUT2D eigenvalue weighted by Crippen LogP contribution is 2.24. The lowest BCUT2D eigenvalue weighted by Crippen LogP contribution is -2.43. The van der Waals surface area contributed by atoms with Crippen LogP contribution in [0.25, 0.3) is 0 Å². The van der Waals surface area contributed by atoms with Gasteiger partial charge in [0.1, 0.15) is 11.6 Å². The van der Waals surface area contributed by atoms with Crippen molar-refractivity contribution in [2.24, 2.45) is 0 Å². The molecular weight excluding hydrogens is 478 g/mol. The molecule has 4 rings (SSSR count). The van der Waals surface area contributed by atoms with E-state index in [1.807, 2.05) is 9.80 Å². The van der Waals surface area contributed by atoms with Gasteiger partial charge in [-0.1, -0.05) is 0 Å². The molecule has 12 heteroatoms. The maximum atomic E-state index is 13.9. The van der Waals surface area contributed by atoms with Crippen molar-refractivity contribution in [1.82, 2.24) is 10.6 Å². The molecule has 192 valence electrons. The molecule has 9 nitrogen and oxygen atoms in total. The van der Waals surface area contributed by atoms with Crippen molar-refractivity contribution in [1.29, 1.82) is 0 Å². The zero-order valence-electron chi connectivity index (χ0n) is 19.9. The van der Waals surface area contributed by atoms with Crippen molar-refractivity contribution >= 4 is 38.7 Å². The summed E-state index contributed by atoms with van der Waals surface area (Å²) in [5, 5.41) is 8.98. The third-order valence-corrected chi connectivity index (χ3v) is 6.04. The number of piperazine rings is 2. The zero-order chi connectivity index (χ0) is 25.4. The lowest BCUT2D eigenvalue weighted by atomic mass is 10.2. The van der Waals surface area contributed by atoms with Gasteiger partial charge in [-0.3, -0.25) is 9.52 Å². The van der Waals surface area contributed by atoms with Crippen LogP contribution in [0.4, 0.5) is 31.5 Å². The van der Waals surface area contributed by atoms with E-state index in [0.29, 0.717) is 17.1 Å². The van der Waals surface area contributed by atoms with Crippen molar-refractivity contribution in [2.75, 3.05) is 78.5 Å². The maximum absolute atomic E-state index is 13.9. The highest BCUT2D eigenvalue weighted by Gasteiger charge is 2.16. The maximum Gasteiger partial charge on any atom is 0.229 e. The Hall–Kier alpha value is -2.96. The first-order chi connectivity index (χ1) is 16.6. The summed E-state index contributed by atoms with van der Waals surface area (Å²) in [6.07, 6.45) is 1.04. The van der Waals surface area contributed by atoms with E-state index < -0.39 is 15.8 Å². The van der Waals surface area contributed by atoms with Crippen LogP contribution in [0.2, 0.25) is 0 Å².